The van der Waals surface area contributed by atoms with Gasteiger partial charge in [0.05, 0.1) is 16.8 Å². The van der Waals surface area contributed by atoms with Crippen LogP contribution in [0, 0.1) is 5.92 Å². The first-order chi connectivity index (χ1) is 15.5. The molecular formula is C23H24BrN5O3. The number of benzene rings is 1. The van der Waals surface area contributed by atoms with Crippen LogP contribution in [0.15, 0.2) is 51.9 Å². The minimum Gasteiger partial charge on any atom is -0.342 e. The molecule has 32 heavy (non-hydrogen) atoms. The summed E-state index contributed by atoms with van der Waals surface area (Å²) in [5.74, 6) is 0.734. The van der Waals surface area contributed by atoms with Crippen molar-refractivity contribution in [3.05, 3.63) is 63.2 Å². The number of carbonyl (C=O) groups excluding carboxylic acids is 2. The smallest absolute Gasteiger partial charge is 0.258 e. The van der Waals surface area contributed by atoms with Crippen molar-refractivity contribution in [1.82, 2.24) is 19.9 Å². The number of piperidine rings is 1. The summed E-state index contributed by atoms with van der Waals surface area (Å²) < 4.78 is 0.841. The number of aromatic nitrogens is 3. The van der Waals surface area contributed by atoms with Crippen LogP contribution >= 0.6 is 15.9 Å². The zero-order chi connectivity index (χ0) is 22.5. The van der Waals surface area contributed by atoms with E-state index in [0.29, 0.717) is 54.9 Å². The predicted octanol–water partition coefficient (Wildman–Crippen LogP) is 3.28. The van der Waals surface area contributed by atoms with Gasteiger partial charge >= 0.3 is 0 Å². The average molecular weight is 498 g/mol. The summed E-state index contributed by atoms with van der Waals surface area (Å²) in [6.07, 6.45) is 4.60. The fraction of sp³-hybridized carbons (Fsp3) is 0.348. The van der Waals surface area contributed by atoms with E-state index in [1.165, 1.54) is 0 Å². The molecule has 0 radical (unpaired) electrons. The summed E-state index contributed by atoms with van der Waals surface area (Å²) in [7, 11) is 0. The van der Waals surface area contributed by atoms with E-state index < -0.39 is 0 Å². The van der Waals surface area contributed by atoms with Gasteiger partial charge in [0.15, 0.2) is 0 Å². The number of para-hydroxylation sites is 1. The van der Waals surface area contributed by atoms with E-state index in [-0.39, 0.29) is 23.3 Å². The van der Waals surface area contributed by atoms with E-state index in [0.717, 1.165) is 17.3 Å². The molecule has 1 aliphatic rings. The number of rotatable bonds is 6. The van der Waals surface area contributed by atoms with E-state index in [4.69, 9.17) is 0 Å². The zero-order valence-electron chi connectivity index (χ0n) is 17.5. The second-order valence-electron chi connectivity index (χ2n) is 7.91. The monoisotopic (exact) mass is 497 g/mol. The molecule has 1 aromatic carbocycles. The molecule has 0 spiro atoms. The van der Waals surface area contributed by atoms with Gasteiger partial charge in [0, 0.05) is 36.6 Å². The normalized spacial score (nSPS) is 16.2. The average Bonchev–Trinajstić information content (AvgIpc) is 2.80. The van der Waals surface area contributed by atoms with Gasteiger partial charge in [-0.25, -0.2) is 9.97 Å². The number of amides is 2. The van der Waals surface area contributed by atoms with E-state index >= 15 is 0 Å². The van der Waals surface area contributed by atoms with Crippen LogP contribution in [0.4, 0.5) is 5.82 Å². The molecule has 3 heterocycles. The van der Waals surface area contributed by atoms with Gasteiger partial charge in [0.25, 0.3) is 5.56 Å². The molecule has 1 aliphatic heterocycles. The first kappa shape index (κ1) is 22.1. The van der Waals surface area contributed by atoms with Crippen molar-refractivity contribution in [2.24, 2.45) is 5.92 Å². The molecule has 9 heteroatoms. The standard InChI is InChI=1S/C23H24BrN5O3/c24-16-10-11-19(25-13-16)27-22(31)15-5-4-12-29(14-15)21(30)9-3-8-20-26-18-7-2-1-6-17(18)23(32)28-20/h1-2,6-7,10-11,13,15H,3-5,8-9,12,14H2,(H,25,27,31)(H,26,28,32). The van der Waals surface area contributed by atoms with Gasteiger partial charge in [-0.05, 0) is 59.5 Å². The maximum absolute atomic E-state index is 12.7. The molecule has 2 N–H and O–H groups in total. The highest BCUT2D eigenvalue weighted by atomic mass is 79.9. The fourth-order valence-electron chi connectivity index (χ4n) is 3.91. The SMILES string of the molecule is O=C(Nc1ccc(Br)cn1)C1CCCN(C(=O)CCCc2nc3ccccc3c(=O)[nH]2)C1. The number of anilines is 1. The van der Waals surface area contributed by atoms with Crippen molar-refractivity contribution >= 4 is 44.5 Å². The Morgan fingerprint density at radius 2 is 2.06 bits per heavy atom. The number of H-pyrrole nitrogens is 1. The molecule has 0 aliphatic carbocycles. The second kappa shape index (κ2) is 10.0. The number of carbonyl (C=O) groups is 2. The molecule has 8 nitrogen and oxygen atoms in total. The van der Waals surface area contributed by atoms with Crippen LogP contribution in [0.2, 0.25) is 0 Å². The van der Waals surface area contributed by atoms with E-state index in [9.17, 15) is 14.4 Å². The fourth-order valence-corrected chi connectivity index (χ4v) is 4.15. The first-order valence-electron chi connectivity index (χ1n) is 10.7. The van der Waals surface area contributed by atoms with Gasteiger partial charge in [-0.2, -0.15) is 0 Å². The van der Waals surface area contributed by atoms with Crippen molar-refractivity contribution < 1.29 is 9.59 Å². The largest absolute Gasteiger partial charge is 0.342 e. The lowest BCUT2D eigenvalue weighted by Gasteiger charge is -2.32. The Kier molecular flexibility index (Phi) is 6.94. The number of fused-ring (bicyclic) bond motifs is 1. The predicted molar refractivity (Wildman–Crippen MR) is 125 cm³/mol. The number of hydrogen-bond acceptors (Lipinski definition) is 5. The number of pyridine rings is 1. The second-order valence-corrected chi connectivity index (χ2v) is 8.83. The van der Waals surface area contributed by atoms with Gasteiger partial charge < -0.3 is 15.2 Å². The van der Waals surface area contributed by atoms with E-state index in [1.54, 1.807) is 29.3 Å². The summed E-state index contributed by atoms with van der Waals surface area (Å²) in [5, 5.41) is 3.39. The molecule has 0 saturated carbocycles. The Morgan fingerprint density at radius 1 is 1.22 bits per heavy atom. The molecule has 4 rings (SSSR count). The molecule has 1 saturated heterocycles. The topological polar surface area (TPSA) is 108 Å². The van der Waals surface area contributed by atoms with Crippen LogP contribution in [0.3, 0.4) is 0 Å². The molecule has 3 aromatic rings. The Labute approximate surface area is 193 Å². The molecule has 2 aromatic heterocycles. The lowest BCUT2D eigenvalue weighted by molar-refractivity contribution is -0.134. The van der Waals surface area contributed by atoms with E-state index in [1.807, 2.05) is 18.2 Å². The minimum absolute atomic E-state index is 0.0207. The molecule has 2 amide bonds. The van der Waals surface area contributed by atoms with Crippen LogP contribution in [0.5, 0.6) is 0 Å². The lowest BCUT2D eigenvalue weighted by Crippen LogP contribution is -2.43. The molecule has 0 bridgehead atoms. The van der Waals surface area contributed by atoms with Crippen LogP contribution in [-0.2, 0) is 16.0 Å². The van der Waals surface area contributed by atoms with Crippen molar-refractivity contribution in [3.8, 4) is 0 Å². The summed E-state index contributed by atoms with van der Waals surface area (Å²) in [6, 6.07) is 10.7. The highest BCUT2D eigenvalue weighted by molar-refractivity contribution is 9.10. The van der Waals surface area contributed by atoms with Crippen LogP contribution in [0.1, 0.15) is 31.5 Å². The van der Waals surface area contributed by atoms with Gasteiger partial charge in [-0.3, -0.25) is 14.4 Å². The van der Waals surface area contributed by atoms with Gasteiger partial charge in [0.1, 0.15) is 11.6 Å². The Morgan fingerprint density at radius 3 is 2.88 bits per heavy atom. The molecular weight excluding hydrogens is 474 g/mol. The van der Waals surface area contributed by atoms with Crippen molar-refractivity contribution in [1.29, 1.82) is 0 Å². The minimum atomic E-state index is -0.253. The van der Waals surface area contributed by atoms with Crippen LogP contribution in [-0.4, -0.2) is 44.8 Å². The Bertz CT molecular complexity index is 1180. The number of aryl methyl sites for hydroxylation is 1. The number of aromatic amines is 1. The number of nitrogens with one attached hydrogen (secondary N) is 2. The van der Waals surface area contributed by atoms with Crippen molar-refractivity contribution in [3.63, 3.8) is 0 Å². The quantitative estimate of drug-likeness (QED) is 0.543. The summed E-state index contributed by atoms with van der Waals surface area (Å²) in [6.45, 7) is 1.07. The molecule has 1 unspecified atom stereocenters. The third-order valence-corrected chi connectivity index (χ3v) is 6.06. The summed E-state index contributed by atoms with van der Waals surface area (Å²) in [4.78, 5) is 50.7. The number of nitrogens with zero attached hydrogens (tertiary/aromatic N) is 3. The van der Waals surface area contributed by atoms with E-state index in [2.05, 4.69) is 36.2 Å². The number of hydrogen-bond donors (Lipinski definition) is 2. The van der Waals surface area contributed by atoms with Gasteiger partial charge in [-0.1, -0.05) is 12.1 Å². The van der Waals surface area contributed by atoms with Crippen molar-refractivity contribution in [2.45, 2.75) is 32.1 Å². The highest BCUT2D eigenvalue weighted by Gasteiger charge is 2.28. The molecule has 1 fully saturated rings. The maximum Gasteiger partial charge on any atom is 0.258 e. The van der Waals surface area contributed by atoms with Crippen LogP contribution in [0.25, 0.3) is 10.9 Å². The van der Waals surface area contributed by atoms with Gasteiger partial charge in [0.2, 0.25) is 11.8 Å². The summed E-state index contributed by atoms with van der Waals surface area (Å²) >= 11 is 3.32. The first-order valence-corrected chi connectivity index (χ1v) is 11.5. The Balaban J connectivity index is 1.29. The number of likely N-dealkylation sites (tertiary alicyclic amines) is 1. The number of halogens is 1. The third kappa shape index (κ3) is 5.40. The maximum atomic E-state index is 12.7. The third-order valence-electron chi connectivity index (χ3n) is 5.59. The van der Waals surface area contributed by atoms with Crippen molar-refractivity contribution in [2.75, 3.05) is 18.4 Å². The zero-order valence-corrected chi connectivity index (χ0v) is 19.1. The summed E-state index contributed by atoms with van der Waals surface area (Å²) in [5.41, 5.74) is 0.491. The Hall–Kier alpha value is -3.07. The molecule has 166 valence electrons. The lowest BCUT2D eigenvalue weighted by atomic mass is 9.96. The molecule has 1 atom stereocenters. The highest BCUT2D eigenvalue weighted by Crippen LogP contribution is 2.20. The van der Waals surface area contributed by atoms with Gasteiger partial charge in [-0.15, -0.1) is 0 Å². The van der Waals surface area contributed by atoms with Crippen LogP contribution < -0.4 is 10.9 Å².